The van der Waals surface area contributed by atoms with Crippen LogP contribution in [-0.2, 0) is 9.59 Å². The molecule has 1 atom stereocenters. The Bertz CT molecular complexity index is 206. The van der Waals surface area contributed by atoms with Gasteiger partial charge in [0.05, 0.1) is 5.92 Å². The van der Waals surface area contributed by atoms with Gasteiger partial charge < -0.3 is 9.90 Å². The Hall–Kier alpha value is -0.860. The highest BCUT2D eigenvalue weighted by molar-refractivity contribution is 5.82. The number of carbonyl (C=O) groups excluding carboxylic acids is 1. The molecule has 0 aliphatic rings. The zero-order valence-electron chi connectivity index (χ0n) is 8.76. The second-order valence-electron chi connectivity index (χ2n) is 4.14. The third-order valence-corrected chi connectivity index (χ3v) is 2.64. The lowest BCUT2D eigenvalue weighted by Crippen LogP contribution is -2.32. The Kier molecular flexibility index (Phi) is 4.11. The van der Waals surface area contributed by atoms with E-state index >= 15 is 0 Å². The largest absolute Gasteiger partial charge is 0.481 e. The number of rotatable bonds is 5. The van der Waals surface area contributed by atoms with E-state index in [2.05, 4.69) is 0 Å². The van der Waals surface area contributed by atoms with Gasteiger partial charge in [-0.3, -0.25) is 4.79 Å². The van der Waals surface area contributed by atoms with Crippen molar-refractivity contribution in [1.82, 2.24) is 0 Å². The molecule has 76 valence electrons. The van der Waals surface area contributed by atoms with Crippen LogP contribution in [0.2, 0.25) is 0 Å². The van der Waals surface area contributed by atoms with E-state index in [1.54, 1.807) is 0 Å². The lowest BCUT2D eigenvalue weighted by molar-refractivity contribution is -0.148. The van der Waals surface area contributed by atoms with E-state index in [0.29, 0.717) is 0 Å². The number of hydrogen-bond acceptors (Lipinski definition) is 2. The molecule has 0 saturated heterocycles. The van der Waals surface area contributed by atoms with Gasteiger partial charge in [-0.15, -0.1) is 0 Å². The number of ketones is 1. The maximum Gasteiger partial charge on any atom is 0.307 e. The van der Waals surface area contributed by atoms with Crippen molar-refractivity contribution in [3.63, 3.8) is 0 Å². The molecule has 0 aliphatic heterocycles. The van der Waals surface area contributed by atoms with Crippen LogP contribution in [0.3, 0.4) is 0 Å². The smallest absolute Gasteiger partial charge is 0.307 e. The molecule has 0 aliphatic carbocycles. The Morgan fingerprint density at radius 1 is 1.38 bits per heavy atom. The first kappa shape index (κ1) is 12.1. The minimum absolute atomic E-state index is 0.0612. The molecule has 3 heteroatoms. The summed E-state index contributed by atoms with van der Waals surface area (Å²) in [4.78, 5) is 21.7. The SMILES string of the molecule is CCC(C)(C)C(CC(C)=O)C(=O)O. The average molecular weight is 186 g/mol. The second-order valence-corrected chi connectivity index (χ2v) is 4.14. The third kappa shape index (κ3) is 3.57. The van der Waals surface area contributed by atoms with E-state index in [1.165, 1.54) is 6.92 Å². The number of carbonyl (C=O) groups is 2. The Morgan fingerprint density at radius 3 is 2.08 bits per heavy atom. The summed E-state index contributed by atoms with van der Waals surface area (Å²) in [5, 5.41) is 8.94. The molecule has 0 spiro atoms. The highest BCUT2D eigenvalue weighted by Crippen LogP contribution is 2.33. The van der Waals surface area contributed by atoms with Crippen molar-refractivity contribution in [3.05, 3.63) is 0 Å². The van der Waals surface area contributed by atoms with Gasteiger partial charge in [-0.05, 0) is 12.3 Å². The molecule has 0 aromatic carbocycles. The van der Waals surface area contributed by atoms with Gasteiger partial charge in [-0.1, -0.05) is 27.2 Å². The van der Waals surface area contributed by atoms with Gasteiger partial charge in [0, 0.05) is 6.42 Å². The van der Waals surface area contributed by atoms with Crippen LogP contribution in [0, 0.1) is 11.3 Å². The third-order valence-electron chi connectivity index (χ3n) is 2.64. The summed E-state index contributed by atoms with van der Waals surface area (Å²) < 4.78 is 0. The van der Waals surface area contributed by atoms with Crippen LogP contribution in [0.4, 0.5) is 0 Å². The molecule has 0 fully saturated rings. The molecule has 0 saturated carbocycles. The maximum atomic E-state index is 10.9. The normalized spacial score (nSPS) is 13.8. The monoisotopic (exact) mass is 186 g/mol. The van der Waals surface area contributed by atoms with E-state index in [4.69, 9.17) is 5.11 Å². The van der Waals surface area contributed by atoms with Crippen molar-refractivity contribution in [2.45, 2.75) is 40.5 Å². The van der Waals surface area contributed by atoms with Crippen molar-refractivity contribution >= 4 is 11.8 Å². The fourth-order valence-corrected chi connectivity index (χ4v) is 1.23. The summed E-state index contributed by atoms with van der Waals surface area (Å²) in [5.41, 5.74) is -0.308. The van der Waals surface area contributed by atoms with Crippen molar-refractivity contribution < 1.29 is 14.7 Å². The molecule has 1 unspecified atom stereocenters. The summed E-state index contributed by atoms with van der Waals surface area (Å²) in [6, 6.07) is 0. The molecular formula is C10H18O3. The zero-order valence-corrected chi connectivity index (χ0v) is 8.76. The Labute approximate surface area is 79.1 Å². The minimum atomic E-state index is -0.873. The van der Waals surface area contributed by atoms with Crippen LogP contribution in [0.1, 0.15) is 40.5 Å². The van der Waals surface area contributed by atoms with Crippen LogP contribution in [0.5, 0.6) is 0 Å². The lowest BCUT2D eigenvalue weighted by Gasteiger charge is -2.29. The van der Waals surface area contributed by atoms with Gasteiger partial charge >= 0.3 is 5.97 Å². The van der Waals surface area contributed by atoms with Crippen LogP contribution in [0.25, 0.3) is 0 Å². The van der Waals surface area contributed by atoms with Crippen molar-refractivity contribution in [2.24, 2.45) is 11.3 Å². The van der Waals surface area contributed by atoms with Crippen molar-refractivity contribution in [3.8, 4) is 0 Å². The summed E-state index contributed by atoms with van der Waals surface area (Å²) >= 11 is 0. The van der Waals surface area contributed by atoms with Crippen LogP contribution in [-0.4, -0.2) is 16.9 Å². The molecule has 13 heavy (non-hydrogen) atoms. The quantitative estimate of drug-likeness (QED) is 0.715. The van der Waals surface area contributed by atoms with Gasteiger partial charge in [0.15, 0.2) is 0 Å². The van der Waals surface area contributed by atoms with Gasteiger partial charge in [-0.2, -0.15) is 0 Å². The molecule has 0 radical (unpaired) electrons. The molecule has 0 rings (SSSR count). The van der Waals surface area contributed by atoms with Crippen LogP contribution in [0.15, 0.2) is 0 Å². The minimum Gasteiger partial charge on any atom is -0.481 e. The average Bonchev–Trinajstić information content (AvgIpc) is 1.99. The van der Waals surface area contributed by atoms with Gasteiger partial charge in [0.1, 0.15) is 5.78 Å². The van der Waals surface area contributed by atoms with Crippen LogP contribution < -0.4 is 0 Å². The number of hydrogen-bond donors (Lipinski definition) is 1. The molecule has 0 amide bonds. The van der Waals surface area contributed by atoms with Gasteiger partial charge in [0.2, 0.25) is 0 Å². The van der Waals surface area contributed by atoms with Gasteiger partial charge in [-0.25, -0.2) is 0 Å². The fraction of sp³-hybridized carbons (Fsp3) is 0.800. The first-order valence-corrected chi connectivity index (χ1v) is 4.53. The highest BCUT2D eigenvalue weighted by Gasteiger charge is 2.34. The van der Waals surface area contributed by atoms with Crippen molar-refractivity contribution in [2.75, 3.05) is 0 Å². The zero-order chi connectivity index (χ0) is 10.6. The lowest BCUT2D eigenvalue weighted by atomic mass is 9.74. The summed E-state index contributed by atoms with van der Waals surface area (Å²) in [6.07, 6.45) is 0.896. The second kappa shape index (κ2) is 4.40. The fourth-order valence-electron chi connectivity index (χ4n) is 1.23. The molecule has 0 aromatic heterocycles. The molecule has 1 N–H and O–H groups in total. The van der Waals surface area contributed by atoms with Gasteiger partial charge in [0.25, 0.3) is 0 Å². The Balaban J connectivity index is 4.60. The molecule has 0 bridgehead atoms. The number of aliphatic carboxylic acids is 1. The molecular weight excluding hydrogens is 168 g/mol. The Morgan fingerprint density at radius 2 is 1.85 bits per heavy atom. The first-order valence-electron chi connectivity index (χ1n) is 4.53. The molecule has 3 nitrogen and oxygen atoms in total. The summed E-state index contributed by atoms with van der Waals surface area (Å²) in [7, 11) is 0. The van der Waals surface area contributed by atoms with Crippen LogP contribution >= 0.6 is 0 Å². The van der Waals surface area contributed by atoms with Crippen molar-refractivity contribution in [1.29, 1.82) is 0 Å². The highest BCUT2D eigenvalue weighted by atomic mass is 16.4. The number of carboxylic acid groups (broad SMARTS) is 1. The van der Waals surface area contributed by atoms with E-state index < -0.39 is 11.9 Å². The van der Waals surface area contributed by atoms with E-state index in [1.807, 2.05) is 20.8 Å². The standard InChI is InChI=1S/C10H18O3/c1-5-10(3,4)8(9(12)13)6-7(2)11/h8H,5-6H2,1-4H3,(H,12,13). The van der Waals surface area contributed by atoms with E-state index in [9.17, 15) is 9.59 Å². The summed E-state index contributed by atoms with van der Waals surface area (Å²) in [5.74, 6) is -1.49. The number of Topliss-reactive ketones (excluding diaryl/α,β-unsaturated/α-hetero) is 1. The topological polar surface area (TPSA) is 54.4 Å². The maximum absolute atomic E-state index is 10.9. The first-order chi connectivity index (χ1) is 5.81. The molecule has 0 aromatic rings. The molecule has 0 heterocycles. The predicted molar refractivity (Wildman–Crippen MR) is 50.5 cm³/mol. The summed E-state index contributed by atoms with van der Waals surface area (Å²) in [6.45, 7) is 7.14. The van der Waals surface area contributed by atoms with E-state index in [0.717, 1.165) is 6.42 Å². The number of carboxylic acids is 1. The van der Waals surface area contributed by atoms with E-state index in [-0.39, 0.29) is 17.6 Å². The predicted octanol–water partition coefficient (Wildman–Crippen LogP) is 2.10.